The quantitative estimate of drug-likeness (QED) is 0.749. The number of hydrogen-bond acceptors (Lipinski definition) is 5. The Bertz CT molecular complexity index is 1050. The molecule has 3 aliphatic heterocycles. The van der Waals surface area contributed by atoms with Crippen LogP contribution < -0.4 is 5.32 Å². The Hall–Kier alpha value is -3.10. The van der Waals surface area contributed by atoms with Crippen molar-refractivity contribution in [3.63, 3.8) is 0 Å². The first-order valence-corrected chi connectivity index (χ1v) is 10.6. The van der Waals surface area contributed by atoms with Crippen molar-refractivity contribution < 1.29 is 19.1 Å². The van der Waals surface area contributed by atoms with Crippen molar-refractivity contribution in [2.75, 3.05) is 44.8 Å². The lowest BCUT2D eigenvalue weighted by atomic mass is 10.0. The fourth-order valence-electron chi connectivity index (χ4n) is 4.31. The highest BCUT2D eigenvalue weighted by molar-refractivity contribution is 6.34. The Morgan fingerprint density at radius 2 is 1.87 bits per heavy atom. The van der Waals surface area contributed by atoms with Crippen LogP contribution in [0.3, 0.4) is 0 Å². The highest BCUT2D eigenvalue weighted by atomic mass is 16.6. The molecular weight excluding hydrogens is 396 g/mol. The molecule has 0 saturated carbocycles. The first-order chi connectivity index (χ1) is 15.1. The molecule has 1 N–H and O–H groups in total. The number of nitrogens with one attached hydrogen (secondary N) is 1. The molecule has 2 amide bonds. The summed E-state index contributed by atoms with van der Waals surface area (Å²) in [5.74, 6) is -0.108. The van der Waals surface area contributed by atoms with Gasteiger partial charge in [-0.15, -0.1) is 0 Å². The minimum absolute atomic E-state index is 0.108. The summed E-state index contributed by atoms with van der Waals surface area (Å²) >= 11 is 0. The number of morpholine rings is 1. The van der Waals surface area contributed by atoms with E-state index in [1.165, 1.54) is 5.56 Å². The SMILES string of the molecule is Cn1cc(CN2CCOCC2)cc1C=C1C(=O)Nc2ccc(CN3CCOC3=O)cc21. The molecule has 31 heavy (non-hydrogen) atoms. The van der Waals surface area contributed by atoms with Crippen LogP contribution >= 0.6 is 0 Å². The molecule has 2 aromatic rings. The smallest absolute Gasteiger partial charge is 0.410 e. The van der Waals surface area contributed by atoms with Crippen molar-refractivity contribution in [1.82, 2.24) is 14.4 Å². The van der Waals surface area contributed by atoms with Crippen LogP contribution in [0.25, 0.3) is 11.6 Å². The zero-order valence-corrected chi connectivity index (χ0v) is 17.6. The van der Waals surface area contributed by atoms with Gasteiger partial charge in [0.25, 0.3) is 5.91 Å². The standard InChI is InChI=1S/C23H26N4O4/c1-25-13-17(14-26-4-7-30-8-5-26)10-18(25)12-20-19-11-16(2-3-21(19)24-22(20)28)15-27-6-9-31-23(27)29/h2-3,10-13H,4-9,14-15H2,1H3,(H,24,28). The number of fused-ring (bicyclic) bond motifs is 1. The lowest BCUT2D eigenvalue weighted by Gasteiger charge is -2.26. The summed E-state index contributed by atoms with van der Waals surface area (Å²) in [6, 6.07) is 7.97. The highest BCUT2D eigenvalue weighted by Crippen LogP contribution is 2.34. The first-order valence-electron chi connectivity index (χ1n) is 10.6. The van der Waals surface area contributed by atoms with Crippen molar-refractivity contribution in [2.24, 2.45) is 7.05 Å². The van der Waals surface area contributed by atoms with Crippen molar-refractivity contribution in [1.29, 1.82) is 0 Å². The molecule has 2 saturated heterocycles. The van der Waals surface area contributed by atoms with E-state index in [0.29, 0.717) is 25.3 Å². The van der Waals surface area contributed by atoms with Gasteiger partial charge in [-0.3, -0.25) is 9.69 Å². The summed E-state index contributed by atoms with van der Waals surface area (Å²) < 4.78 is 12.5. The lowest BCUT2D eigenvalue weighted by molar-refractivity contribution is -0.110. The van der Waals surface area contributed by atoms with Gasteiger partial charge in [-0.25, -0.2) is 4.79 Å². The molecule has 5 rings (SSSR count). The Morgan fingerprint density at radius 1 is 1.03 bits per heavy atom. The molecule has 0 atom stereocenters. The largest absolute Gasteiger partial charge is 0.448 e. The van der Waals surface area contributed by atoms with Gasteiger partial charge in [0.2, 0.25) is 0 Å². The maximum Gasteiger partial charge on any atom is 0.410 e. The van der Waals surface area contributed by atoms with E-state index in [1.807, 2.05) is 31.3 Å². The van der Waals surface area contributed by atoms with Gasteiger partial charge in [0.05, 0.1) is 25.3 Å². The molecule has 1 aromatic carbocycles. The molecule has 8 heteroatoms. The van der Waals surface area contributed by atoms with Gasteiger partial charge >= 0.3 is 6.09 Å². The summed E-state index contributed by atoms with van der Waals surface area (Å²) in [4.78, 5) is 28.5. The van der Waals surface area contributed by atoms with E-state index in [9.17, 15) is 9.59 Å². The molecule has 0 radical (unpaired) electrons. The van der Waals surface area contributed by atoms with E-state index in [2.05, 4.69) is 27.0 Å². The number of rotatable bonds is 5. The molecule has 0 spiro atoms. The lowest BCUT2D eigenvalue weighted by Crippen LogP contribution is -2.35. The van der Waals surface area contributed by atoms with Gasteiger partial charge in [-0.2, -0.15) is 0 Å². The third-order valence-electron chi connectivity index (χ3n) is 5.99. The number of aromatic nitrogens is 1. The number of ether oxygens (including phenoxy) is 2. The van der Waals surface area contributed by atoms with E-state index in [0.717, 1.165) is 55.4 Å². The van der Waals surface area contributed by atoms with Crippen LogP contribution in [0.15, 0.2) is 30.5 Å². The zero-order chi connectivity index (χ0) is 21.4. The van der Waals surface area contributed by atoms with Gasteiger partial charge in [-0.1, -0.05) is 6.07 Å². The van der Waals surface area contributed by atoms with Crippen molar-refractivity contribution >= 4 is 29.3 Å². The monoisotopic (exact) mass is 422 g/mol. The number of carbonyl (C=O) groups excluding carboxylic acids is 2. The second-order valence-electron chi connectivity index (χ2n) is 8.20. The molecule has 162 valence electrons. The van der Waals surface area contributed by atoms with Crippen LogP contribution in [0.1, 0.15) is 22.4 Å². The number of anilines is 1. The van der Waals surface area contributed by atoms with Crippen LogP contribution in [0.4, 0.5) is 10.5 Å². The predicted molar refractivity (Wildman–Crippen MR) is 116 cm³/mol. The third kappa shape index (κ3) is 4.08. The molecule has 4 heterocycles. The van der Waals surface area contributed by atoms with Crippen LogP contribution in [0.5, 0.6) is 0 Å². The molecular formula is C23H26N4O4. The number of cyclic esters (lactones) is 1. The number of hydrogen-bond donors (Lipinski definition) is 1. The number of nitrogens with zero attached hydrogens (tertiary/aromatic N) is 3. The highest BCUT2D eigenvalue weighted by Gasteiger charge is 2.27. The van der Waals surface area contributed by atoms with Gasteiger partial charge < -0.3 is 24.3 Å². The van der Waals surface area contributed by atoms with E-state index >= 15 is 0 Å². The van der Waals surface area contributed by atoms with Crippen LogP contribution in [-0.4, -0.2) is 65.8 Å². The Morgan fingerprint density at radius 3 is 2.65 bits per heavy atom. The first kappa shape index (κ1) is 19.8. The molecule has 1 aromatic heterocycles. The normalized spacial score (nSPS) is 20.3. The van der Waals surface area contributed by atoms with E-state index in [4.69, 9.17) is 9.47 Å². The number of benzene rings is 1. The fraction of sp³-hybridized carbons (Fsp3) is 0.391. The number of aryl methyl sites for hydroxylation is 1. The van der Waals surface area contributed by atoms with E-state index in [1.54, 1.807) is 4.90 Å². The minimum atomic E-state index is -0.290. The summed E-state index contributed by atoms with van der Waals surface area (Å²) in [6.45, 7) is 5.79. The maximum absolute atomic E-state index is 12.7. The predicted octanol–water partition coefficient (Wildman–Crippen LogP) is 2.30. The van der Waals surface area contributed by atoms with Crippen LogP contribution in [0, 0.1) is 0 Å². The molecule has 0 aliphatic carbocycles. The Labute approximate surface area is 181 Å². The fourth-order valence-corrected chi connectivity index (χ4v) is 4.31. The van der Waals surface area contributed by atoms with Crippen molar-refractivity contribution in [3.05, 3.63) is 52.8 Å². The average Bonchev–Trinajstić information content (AvgIpc) is 3.41. The van der Waals surface area contributed by atoms with Gasteiger partial charge in [-0.05, 0) is 35.4 Å². The molecule has 8 nitrogen and oxygen atoms in total. The Balaban J connectivity index is 1.39. The topological polar surface area (TPSA) is 76.0 Å². The van der Waals surface area contributed by atoms with Gasteiger partial charge in [0, 0.05) is 56.4 Å². The number of amides is 2. The van der Waals surface area contributed by atoms with Gasteiger partial charge in [0.1, 0.15) is 6.61 Å². The van der Waals surface area contributed by atoms with Crippen LogP contribution in [0.2, 0.25) is 0 Å². The molecule has 2 fully saturated rings. The summed E-state index contributed by atoms with van der Waals surface area (Å²) in [5, 5.41) is 2.95. The van der Waals surface area contributed by atoms with Crippen LogP contribution in [-0.2, 0) is 34.4 Å². The van der Waals surface area contributed by atoms with E-state index in [-0.39, 0.29) is 12.0 Å². The minimum Gasteiger partial charge on any atom is -0.448 e. The summed E-state index contributed by atoms with van der Waals surface area (Å²) in [6.07, 6.45) is 3.77. The third-order valence-corrected chi connectivity index (χ3v) is 5.99. The van der Waals surface area contributed by atoms with Gasteiger partial charge in [0.15, 0.2) is 0 Å². The molecule has 0 unspecified atom stereocenters. The summed E-state index contributed by atoms with van der Waals surface area (Å²) in [7, 11) is 2.00. The average molecular weight is 422 g/mol. The zero-order valence-electron chi connectivity index (χ0n) is 17.6. The van der Waals surface area contributed by atoms with E-state index < -0.39 is 0 Å². The number of carbonyl (C=O) groups is 2. The molecule has 0 bridgehead atoms. The molecule has 3 aliphatic rings. The second kappa shape index (κ2) is 8.20. The maximum atomic E-state index is 12.7. The van der Waals surface area contributed by atoms with Crippen molar-refractivity contribution in [2.45, 2.75) is 13.1 Å². The summed E-state index contributed by atoms with van der Waals surface area (Å²) in [5.41, 5.74) is 5.48. The second-order valence-corrected chi connectivity index (χ2v) is 8.20. The Kier molecular flexibility index (Phi) is 5.25. The van der Waals surface area contributed by atoms with Crippen molar-refractivity contribution in [3.8, 4) is 0 Å².